The number of thiocarbonyl (C=S) groups is 1. The van der Waals surface area contributed by atoms with Crippen molar-refractivity contribution in [1.29, 1.82) is 0 Å². The van der Waals surface area contributed by atoms with Crippen molar-refractivity contribution >= 4 is 38.9 Å². The second-order valence-electron chi connectivity index (χ2n) is 4.02. The first-order valence-electron chi connectivity index (χ1n) is 5.87. The SMILES string of the molecule is C#CC(CC)(CC)NC(=S)Nc1ccc(Br)cc1. The van der Waals surface area contributed by atoms with Gasteiger partial charge in [-0.3, -0.25) is 0 Å². The molecule has 0 amide bonds. The monoisotopic (exact) mass is 324 g/mol. The number of halogens is 1. The molecule has 0 heterocycles. The molecule has 1 aromatic carbocycles. The molecule has 18 heavy (non-hydrogen) atoms. The third-order valence-corrected chi connectivity index (χ3v) is 3.67. The summed E-state index contributed by atoms with van der Waals surface area (Å²) >= 11 is 8.68. The van der Waals surface area contributed by atoms with Crippen LogP contribution in [0.4, 0.5) is 5.69 Å². The molecule has 1 rings (SSSR count). The standard InChI is InChI=1S/C14H17BrN2S/c1-4-14(5-2,6-3)17-13(18)16-12-9-7-11(15)8-10-12/h1,7-10H,5-6H2,2-3H3,(H2,16,17,18). The second-order valence-corrected chi connectivity index (χ2v) is 5.34. The Morgan fingerprint density at radius 3 is 2.33 bits per heavy atom. The van der Waals surface area contributed by atoms with Crippen LogP contribution in [-0.4, -0.2) is 10.7 Å². The number of anilines is 1. The molecular weight excluding hydrogens is 308 g/mol. The highest BCUT2D eigenvalue weighted by atomic mass is 79.9. The summed E-state index contributed by atoms with van der Waals surface area (Å²) in [6.07, 6.45) is 7.26. The minimum absolute atomic E-state index is 0.362. The Bertz CT molecular complexity index is 444. The van der Waals surface area contributed by atoms with Gasteiger partial charge in [0.05, 0.1) is 5.54 Å². The number of hydrogen-bond acceptors (Lipinski definition) is 1. The zero-order valence-electron chi connectivity index (χ0n) is 10.6. The van der Waals surface area contributed by atoms with Crippen LogP contribution in [0.25, 0.3) is 0 Å². The van der Waals surface area contributed by atoms with Gasteiger partial charge >= 0.3 is 0 Å². The maximum Gasteiger partial charge on any atom is 0.171 e. The largest absolute Gasteiger partial charge is 0.346 e. The molecule has 0 fully saturated rings. The number of rotatable bonds is 4. The lowest BCUT2D eigenvalue weighted by Gasteiger charge is -2.28. The van der Waals surface area contributed by atoms with Crippen molar-refractivity contribution in [1.82, 2.24) is 5.32 Å². The molecule has 1 aromatic rings. The van der Waals surface area contributed by atoms with Crippen LogP contribution >= 0.6 is 28.1 Å². The van der Waals surface area contributed by atoms with Crippen LogP contribution in [0.2, 0.25) is 0 Å². The Morgan fingerprint density at radius 2 is 1.89 bits per heavy atom. The van der Waals surface area contributed by atoms with E-state index in [1.807, 2.05) is 24.3 Å². The summed E-state index contributed by atoms with van der Waals surface area (Å²) in [5, 5.41) is 6.90. The molecule has 0 aliphatic carbocycles. The predicted molar refractivity (Wildman–Crippen MR) is 85.6 cm³/mol. The van der Waals surface area contributed by atoms with Gasteiger partial charge in [0.1, 0.15) is 0 Å². The van der Waals surface area contributed by atoms with E-state index in [4.69, 9.17) is 18.6 Å². The molecule has 0 bridgehead atoms. The highest BCUT2D eigenvalue weighted by molar-refractivity contribution is 9.10. The smallest absolute Gasteiger partial charge is 0.171 e. The summed E-state index contributed by atoms with van der Waals surface area (Å²) in [5.41, 5.74) is 0.577. The van der Waals surface area contributed by atoms with Gasteiger partial charge in [-0.15, -0.1) is 6.42 Å². The van der Waals surface area contributed by atoms with Crippen LogP contribution in [0.5, 0.6) is 0 Å². The molecule has 0 radical (unpaired) electrons. The van der Waals surface area contributed by atoms with Gasteiger partial charge < -0.3 is 10.6 Å². The number of hydrogen-bond donors (Lipinski definition) is 2. The molecule has 96 valence electrons. The van der Waals surface area contributed by atoms with Gasteiger partial charge in [-0.2, -0.15) is 0 Å². The maximum absolute atomic E-state index is 5.58. The molecule has 4 heteroatoms. The first kappa shape index (κ1) is 15.0. The third-order valence-electron chi connectivity index (χ3n) is 2.94. The van der Waals surface area contributed by atoms with E-state index in [1.54, 1.807) is 0 Å². The average Bonchev–Trinajstić information content (AvgIpc) is 2.39. The molecule has 0 unspecified atom stereocenters. The third kappa shape index (κ3) is 4.01. The Labute approximate surface area is 123 Å². The van der Waals surface area contributed by atoms with Crippen molar-refractivity contribution in [3.8, 4) is 12.3 Å². The highest BCUT2D eigenvalue weighted by Gasteiger charge is 2.23. The highest BCUT2D eigenvalue weighted by Crippen LogP contribution is 2.16. The van der Waals surface area contributed by atoms with Crippen molar-refractivity contribution in [3.63, 3.8) is 0 Å². The van der Waals surface area contributed by atoms with Gasteiger partial charge in [0, 0.05) is 10.2 Å². The van der Waals surface area contributed by atoms with Crippen molar-refractivity contribution < 1.29 is 0 Å². The topological polar surface area (TPSA) is 24.1 Å². The van der Waals surface area contributed by atoms with Crippen LogP contribution in [0.1, 0.15) is 26.7 Å². The Kier molecular flexibility index (Phi) is 5.64. The van der Waals surface area contributed by atoms with Crippen molar-refractivity contribution in [2.24, 2.45) is 0 Å². The van der Waals surface area contributed by atoms with Gasteiger partial charge in [-0.05, 0) is 49.3 Å². The van der Waals surface area contributed by atoms with Gasteiger partial charge in [-0.1, -0.05) is 35.7 Å². The summed E-state index contributed by atoms with van der Waals surface area (Å²) in [6, 6.07) is 7.82. The molecule has 0 aliphatic rings. The van der Waals surface area contributed by atoms with E-state index in [-0.39, 0.29) is 5.54 Å². The van der Waals surface area contributed by atoms with Gasteiger partial charge in [-0.25, -0.2) is 0 Å². The molecule has 0 atom stereocenters. The molecule has 2 N–H and O–H groups in total. The lowest BCUT2D eigenvalue weighted by atomic mass is 9.94. The van der Waals surface area contributed by atoms with Gasteiger partial charge in [0.15, 0.2) is 5.11 Å². The normalized spacial score (nSPS) is 10.6. The molecular formula is C14H17BrN2S. The predicted octanol–water partition coefficient (Wildman–Crippen LogP) is 3.93. The van der Waals surface area contributed by atoms with E-state index in [2.05, 4.69) is 46.3 Å². The second kappa shape index (κ2) is 6.77. The summed E-state index contributed by atoms with van der Waals surface area (Å²) in [5.74, 6) is 2.79. The fraction of sp³-hybridized carbons (Fsp3) is 0.357. The van der Waals surface area contributed by atoms with Crippen LogP contribution in [-0.2, 0) is 0 Å². The van der Waals surface area contributed by atoms with Crippen LogP contribution in [0.3, 0.4) is 0 Å². The minimum Gasteiger partial charge on any atom is -0.346 e. The molecule has 2 nitrogen and oxygen atoms in total. The summed E-state index contributed by atoms with van der Waals surface area (Å²) < 4.78 is 1.03. The molecule has 0 saturated heterocycles. The zero-order valence-corrected chi connectivity index (χ0v) is 13.0. The van der Waals surface area contributed by atoms with Gasteiger partial charge in [0.25, 0.3) is 0 Å². The molecule has 0 spiro atoms. The molecule has 0 aromatic heterocycles. The first-order chi connectivity index (χ1) is 8.55. The lowest BCUT2D eigenvalue weighted by molar-refractivity contribution is 0.461. The summed E-state index contributed by atoms with van der Waals surface area (Å²) in [6.45, 7) is 4.11. The van der Waals surface area contributed by atoms with E-state index in [0.717, 1.165) is 23.0 Å². The number of benzene rings is 1. The van der Waals surface area contributed by atoms with Crippen LogP contribution in [0.15, 0.2) is 28.7 Å². The average molecular weight is 325 g/mol. The maximum atomic E-state index is 5.58. The zero-order chi connectivity index (χ0) is 13.6. The Hall–Kier alpha value is -1.05. The number of nitrogens with one attached hydrogen (secondary N) is 2. The lowest BCUT2D eigenvalue weighted by Crippen LogP contribution is -2.48. The first-order valence-corrected chi connectivity index (χ1v) is 7.08. The molecule has 0 aliphatic heterocycles. The fourth-order valence-electron chi connectivity index (χ4n) is 1.58. The van der Waals surface area contributed by atoms with E-state index in [1.165, 1.54) is 0 Å². The van der Waals surface area contributed by atoms with Crippen molar-refractivity contribution in [3.05, 3.63) is 28.7 Å². The minimum atomic E-state index is -0.362. The summed E-state index contributed by atoms with van der Waals surface area (Å²) in [4.78, 5) is 0. The molecule has 0 saturated carbocycles. The van der Waals surface area contributed by atoms with Crippen LogP contribution < -0.4 is 10.6 Å². The Morgan fingerprint density at radius 1 is 1.33 bits per heavy atom. The van der Waals surface area contributed by atoms with E-state index in [9.17, 15) is 0 Å². The Balaban J connectivity index is 2.67. The summed E-state index contributed by atoms with van der Waals surface area (Å²) in [7, 11) is 0. The van der Waals surface area contributed by atoms with Crippen molar-refractivity contribution in [2.75, 3.05) is 5.32 Å². The van der Waals surface area contributed by atoms with E-state index < -0.39 is 0 Å². The quantitative estimate of drug-likeness (QED) is 0.648. The fourth-order valence-corrected chi connectivity index (χ4v) is 2.16. The van der Waals surface area contributed by atoms with Crippen LogP contribution in [0, 0.1) is 12.3 Å². The van der Waals surface area contributed by atoms with Gasteiger partial charge in [0.2, 0.25) is 0 Å². The van der Waals surface area contributed by atoms with E-state index >= 15 is 0 Å². The van der Waals surface area contributed by atoms with Crippen molar-refractivity contribution in [2.45, 2.75) is 32.2 Å². The number of terminal acetylenes is 1. The van der Waals surface area contributed by atoms with E-state index in [0.29, 0.717) is 5.11 Å².